The Morgan fingerprint density at radius 3 is 2.50 bits per heavy atom. The number of nitrogens with one attached hydrogen (secondary N) is 1. The van der Waals surface area contributed by atoms with Crippen molar-refractivity contribution in [3.8, 4) is 17.4 Å². The van der Waals surface area contributed by atoms with Gasteiger partial charge in [-0.2, -0.15) is 0 Å². The van der Waals surface area contributed by atoms with Gasteiger partial charge in [-0.25, -0.2) is 10.2 Å². The van der Waals surface area contributed by atoms with E-state index in [0.29, 0.717) is 18.0 Å². The lowest BCUT2D eigenvalue weighted by molar-refractivity contribution is 0.487. The second-order valence-electron chi connectivity index (χ2n) is 8.14. The van der Waals surface area contributed by atoms with Crippen LogP contribution in [0.2, 0.25) is 5.82 Å². The van der Waals surface area contributed by atoms with E-state index >= 15 is 0 Å². The minimum atomic E-state index is -0.0889. The quantitative estimate of drug-likeness (QED) is 0.674. The number of hydrogen-bond acceptors (Lipinski definition) is 3. The van der Waals surface area contributed by atoms with Crippen LogP contribution in [0.1, 0.15) is 75.1 Å². The van der Waals surface area contributed by atoms with Crippen molar-refractivity contribution >= 4 is 6.71 Å². The Labute approximate surface area is 168 Å². The van der Waals surface area contributed by atoms with Gasteiger partial charge in [0.15, 0.2) is 0 Å². The van der Waals surface area contributed by atoms with Gasteiger partial charge in [0.2, 0.25) is 0 Å². The highest BCUT2D eigenvalue weighted by atomic mass is 16.1. The van der Waals surface area contributed by atoms with Crippen molar-refractivity contribution in [2.24, 2.45) is 0 Å². The smallest absolute Gasteiger partial charge is 0.276 e. The molecule has 2 atom stereocenters. The van der Waals surface area contributed by atoms with Crippen LogP contribution < -0.4 is 5.56 Å². The van der Waals surface area contributed by atoms with Crippen molar-refractivity contribution in [2.75, 3.05) is 0 Å². The van der Waals surface area contributed by atoms with Crippen LogP contribution >= 0.6 is 0 Å². The summed E-state index contributed by atoms with van der Waals surface area (Å²) in [5.74, 6) is 3.65. The zero-order valence-electron chi connectivity index (χ0n) is 17.3. The van der Waals surface area contributed by atoms with Gasteiger partial charge in [-0.1, -0.05) is 75.8 Å². The summed E-state index contributed by atoms with van der Waals surface area (Å²) in [6, 6.07) is 8.10. The van der Waals surface area contributed by atoms with Gasteiger partial charge in [-0.05, 0) is 31.4 Å². The second kappa shape index (κ2) is 9.23. The lowest BCUT2D eigenvalue weighted by atomic mass is 9.33. The Bertz CT molecular complexity index is 898. The standard InChI is InChI=1S/C23H30BN3O/c1-4-6-8-18-20(9-7-5-2)24(15-25)14-19-21(18)26-22(27-23(19)28)17-12-10-16(3)11-13-17/h10-13,18,20H,4-9,14H2,1-3H3,(H,26,27,28)/t18?,20-/m0/s1. The summed E-state index contributed by atoms with van der Waals surface area (Å²) in [6.45, 7) is 6.34. The van der Waals surface area contributed by atoms with Crippen molar-refractivity contribution in [3.63, 3.8) is 0 Å². The van der Waals surface area contributed by atoms with Crippen LogP contribution in [0.5, 0.6) is 0 Å². The van der Waals surface area contributed by atoms with Crippen molar-refractivity contribution < 1.29 is 0 Å². The van der Waals surface area contributed by atoms with Gasteiger partial charge < -0.3 is 4.98 Å². The lowest BCUT2D eigenvalue weighted by Gasteiger charge is -2.34. The molecule has 1 N–H and O–H groups in total. The molecule has 3 rings (SSSR count). The number of aromatic amines is 1. The highest BCUT2D eigenvalue weighted by Crippen LogP contribution is 2.44. The third kappa shape index (κ3) is 4.22. The van der Waals surface area contributed by atoms with Crippen LogP contribution in [0.25, 0.3) is 11.4 Å². The number of nitriles is 1. The predicted octanol–water partition coefficient (Wildman–Crippen LogP) is 5.23. The zero-order valence-corrected chi connectivity index (χ0v) is 17.3. The normalized spacial score (nSPS) is 18.6. The van der Waals surface area contributed by atoms with Gasteiger partial charge >= 0.3 is 0 Å². The van der Waals surface area contributed by atoms with Crippen molar-refractivity contribution in [2.45, 2.75) is 77.4 Å². The summed E-state index contributed by atoms with van der Waals surface area (Å²) < 4.78 is 0. The maximum atomic E-state index is 12.9. The van der Waals surface area contributed by atoms with E-state index < -0.39 is 0 Å². The molecule has 0 spiro atoms. The molecule has 0 saturated heterocycles. The maximum absolute atomic E-state index is 12.9. The molecule has 0 radical (unpaired) electrons. The molecule has 0 bridgehead atoms. The van der Waals surface area contributed by atoms with E-state index in [9.17, 15) is 10.1 Å². The Morgan fingerprint density at radius 2 is 1.86 bits per heavy atom. The fourth-order valence-corrected chi connectivity index (χ4v) is 4.48. The predicted molar refractivity (Wildman–Crippen MR) is 116 cm³/mol. The molecule has 146 valence electrons. The first-order chi connectivity index (χ1) is 13.6. The molecule has 2 heterocycles. The van der Waals surface area contributed by atoms with Crippen LogP contribution in [-0.4, -0.2) is 16.7 Å². The van der Waals surface area contributed by atoms with Crippen LogP contribution in [0, 0.1) is 18.2 Å². The summed E-state index contributed by atoms with van der Waals surface area (Å²) in [7, 11) is 0. The number of aromatic nitrogens is 2. The van der Waals surface area contributed by atoms with E-state index in [4.69, 9.17) is 4.98 Å². The zero-order chi connectivity index (χ0) is 20.1. The van der Waals surface area contributed by atoms with Crippen LogP contribution in [-0.2, 0) is 6.32 Å². The second-order valence-corrected chi connectivity index (χ2v) is 8.14. The number of nitrogens with zero attached hydrogens (tertiary/aromatic N) is 2. The maximum Gasteiger partial charge on any atom is 0.276 e. The highest BCUT2D eigenvalue weighted by Gasteiger charge is 2.41. The van der Waals surface area contributed by atoms with Crippen molar-refractivity contribution in [3.05, 3.63) is 51.4 Å². The molecule has 0 amide bonds. The van der Waals surface area contributed by atoms with E-state index in [1.807, 2.05) is 31.2 Å². The first kappa shape index (κ1) is 20.4. The van der Waals surface area contributed by atoms with E-state index in [-0.39, 0.29) is 18.2 Å². The van der Waals surface area contributed by atoms with E-state index in [1.165, 1.54) is 5.56 Å². The number of H-pyrrole nitrogens is 1. The topological polar surface area (TPSA) is 69.5 Å². The summed E-state index contributed by atoms with van der Waals surface area (Å²) in [4.78, 5) is 20.9. The number of aryl methyl sites for hydroxylation is 1. The molecule has 5 heteroatoms. The van der Waals surface area contributed by atoms with Gasteiger partial charge in [0.25, 0.3) is 12.3 Å². The average molecular weight is 375 g/mol. The van der Waals surface area contributed by atoms with Crippen LogP contribution in [0.3, 0.4) is 0 Å². The largest absolute Gasteiger partial charge is 0.306 e. The summed E-state index contributed by atoms with van der Waals surface area (Å²) >= 11 is 0. The third-order valence-electron chi connectivity index (χ3n) is 6.11. The number of benzene rings is 1. The number of hydrogen-bond donors (Lipinski definition) is 1. The Balaban J connectivity index is 2.08. The molecule has 0 saturated carbocycles. The average Bonchev–Trinajstić information content (AvgIpc) is 2.70. The fourth-order valence-electron chi connectivity index (χ4n) is 4.48. The molecule has 1 aliphatic rings. The molecular weight excluding hydrogens is 345 g/mol. The summed E-state index contributed by atoms with van der Waals surface area (Å²) in [5.41, 5.74) is 3.72. The number of rotatable bonds is 7. The van der Waals surface area contributed by atoms with Gasteiger partial charge in [-0.15, -0.1) is 0 Å². The highest BCUT2D eigenvalue weighted by molar-refractivity contribution is 6.68. The fraction of sp³-hybridized carbons (Fsp3) is 0.522. The van der Waals surface area contributed by atoms with Gasteiger partial charge in [0.05, 0.1) is 5.69 Å². The van der Waals surface area contributed by atoms with Crippen molar-refractivity contribution in [1.82, 2.24) is 9.97 Å². The Kier molecular flexibility index (Phi) is 6.72. The minimum Gasteiger partial charge on any atom is -0.306 e. The van der Waals surface area contributed by atoms with Gasteiger partial charge in [-0.3, -0.25) is 4.79 Å². The van der Waals surface area contributed by atoms with E-state index in [1.54, 1.807) is 0 Å². The molecule has 2 aromatic rings. The van der Waals surface area contributed by atoms with Crippen LogP contribution in [0.15, 0.2) is 29.1 Å². The summed E-state index contributed by atoms with van der Waals surface area (Å²) in [5, 5.41) is 9.80. The molecule has 1 aromatic carbocycles. The molecule has 0 fully saturated rings. The molecule has 4 nitrogen and oxygen atoms in total. The summed E-state index contributed by atoms with van der Waals surface area (Å²) in [6.07, 6.45) is 7.01. The van der Waals surface area contributed by atoms with E-state index in [0.717, 1.165) is 55.3 Å². The van der Waals surface area contributed by atoms with Crippen LogP contribution in [0.4, 0.5) is 0 Å². The SMILES string of the molecule is CCCCC1c2nc(-c3ccc(C)cc3)[nH]c(=O)c2CB(C#N)[C@H]1CCCC. The number of unbranched alkanes of at least 4 members (excludes halogenated alkanes) is 2. The molecular formula is C23H30BN3O. The first-order valence-electron chi connectivity index (χ1n) is 10.7. The van der Waals surface area contributed by atoms with Gasteiger partial charge in [0, 0.05) is 17.1 Å². The Morgan fingerprint density at radius 1 is 1.18 bits per heavy atom. The number of fused-ring (bicyclic) bond motifs is 1. The van der Waals surface area contributed by atoms with E-state index in [2.05, 4.69) is 24.8 Å². The molecule has 1 aromatic heterocycles. The molecule has 1 unspecified atom stereocenters. The third-order valence-corrected chi connectivity index (χ3v) is 6.11. The molecule has 0 aliphatic carbocycles. The monoisotopic (exact) mass is 375 g/mol. The first-order valence-corrected chi connectivity index (χ1v) is 10.7. The molecule has 28 heavy (non-hydrogen) atoms. The molecule has 1 aliphatic heterocycles. The Hall–Kier alpha value is -2.35. The van der Waals surface area contributed by atoms with Gasteiger partial charge in [0.1, 0.15) is 5.82 Å². The van der Waals surface area contributed by atoms with Crippen molar-refractivity contribution in [1.29, 1.82) is 5.26 Å². The minimum absolute atomic E-state index is 0.0729. The lowest BCUT2D eigenvalue weighted by Crippen LogP contribution is -2.38.